The Balaban J connectivity index is 1.73. The van der Waals surface area contributed by atoms with Crippen molar-refractivity contribution in [1.29, 1.82) is 0 Å². The zero-order valence-electron chi connectivity index (χ0n) is 19.0. The van der Waals surface area contributed by atoms with E-state index in [-0.39, 0.29) is 5.91 Å². The van der Waals surface area contributed by atoms with Crippen molar-refractivity contribution in [2.24, 2.45) is 0 Å². The van der Waals surface area contributed by atoms with E-state index in [1.54, 1.807) is 16.8 Å². The lowest BCUT2D eigenvalue weighted by molar-refractivity contribution is 0.0743. The second-order valence-corrected chi connectivity index (χ2v) is 9.00. The van der Waals surface area contributed by atoms with Gasteiger partial charge < -0.3 is 4.74 Å². The first kappa shape index (κ1) is 24.5. The largest absolute Gasteiger partial charge is 0.493 e. The number of nitrogens with zero attached hydrogens (tertiary/aromatic N) is 3. The number of hydrogen-bond donors (Lipinski definition) is 1. The van der Waals surface area contributed by atoms with Crippen LogP contribution >= 0.6 is 23.2 Å². The summed E-state index contributed by atoms with van der Waals surface area (Å²) < 4.78 is 19.6. The first-order valence-electron chi connectivity index (χ1n) is 11.4. The van der Waals surface area contributed by atoms with Crippen molar-refractivity contribution in [2.45, 2.75) is 32.6 Å². The molecular weight excluding hydrogens is 478 g/mol. The predicted octanol–water partition coefficient (Wildman–Crippen LogP) is 6.02. The van der Waals surface area contributed by atoms with Crippen LogP contribution in [0.25, 0.3) is 16.9 Å². The van der Waals surface area contributed by atoms with E-state index >= 15 is 0 Å². The highest BCUT2D eigenvalue weighted by Crippen LogP contribution is 2.35. The SMILES string of the molecule is Cc1c(C(=O)NN2CCCCC2)nn(-c2cccc(Cl)c2Cl)c1-c1ccc(OCCCF)cc1. The Kier molecular flexibility index (Phi) is 8.08. The molecule has 0 spiro atoms. The van der Waals surface area contributed by atoms with Gasteiger partial charge in [0.25, 0.3) is 5.91 Å². The van der Waals surface area contributed by atoms with Crippen LogP contribution in [-0.2, 0) is 0 Å². The molecule has 0 aliphatic carbocycles. The van der Waals surface area contributed by atoms with Crippen LogP contribution in [0.5, 0.6) is 5.75 Å². The van der Waals surface area contributed by atoms with E-state index in [1.165, 1.54) is 6.42 Å². The second-order valence-electron chi connectivity index (χ2n) is 8.21. The molecular formula is C25H27Cl2FN4O2. The van der Waals surface area contributed by atoms with Gasteiger partial charge in [0, 0.05) is 30.6 Å². The van der Waals surface area contributed by atoms with Crippen molar-refractivity contribution >= 4 is 29.1 Å². The van der Waals surface area contributed by atoms with Crippen LogP contribution in [0.2, 0.25) is 10.0 Å². The molecule has 2 aromatic carbocycles. The summed E-state index contributed by atoms with van der Waals surface area (Å²) in [5, 5.41) is 7.36. The summed E-state index contributed by atoms with van der Waals surface area (Å²) in [5.41, 5.74) is 6.16. The molecule has 1 amide bonds. The lowest BCUT2D eigenvalue weighted by Crippen LogP contribution is -2.45. The average Bonchev–Trinajstić information content (AvgIpc) is 3.19. The summed E-state index contributed by atoms with van der Waals surface area (Å²) in [6.45, 7) is 3.41. The van der Waals surface area contributed by atoms with Crippen LogP contribution < -0.4 is 10.2 Å². The van der Waals surface area contributed by atoms with Gasteiger partial charge in [-0.3, -0.25) is 14.6 Å². The minimum atomic E-state index is -0.418. The summed E-state index contributed by atoms with van der Waals surface area (Å²) >= 11 is 12.8. The van der Waals surface area contributed by atoms with E-state index in [0.717, 1.165) is 42.8 Å². The number of aromatic nitrogens is 2. The van der Waals surface area contributed by atoms with Gasteiger partial charge in [-0.05, 0) is 56.2 Å². The fourth-order valence-corrected chi connectivity index (χ4v) is 4.41. The monoisotopic (exact) mass is 504 g/mol. The summed E-state index contributed by atoms with van der Waals surface area (Å²) in [7, 11) is 0. The Bertz CT molecular complexity index is 1140. The summed E-state index contributed by atoms with van der Waals surface area (Å²) in [4.78, 5) is 13.2. The molecule has 1 saturated heterocycles. The van der Waals surface area contributed by atoms with Crippen molar-refractivity contribution in [3.05, 3.63) is 63.8 Å². The van der Waals surface area contributed by atoms with Crippen molar-refractivity contribution in [3.8, 4) is 22.7 Å². The highest BCUT2D eigenvalue weighted by atomic mass is 35.5. The molecule has 0 unspecified atom stereocenters. The number of alkyl halides is 1. The highest BCUT2D eigenvalue weighted by Gasteiger charge is 2.25. The summed E-state index contributed by atoms with van der Waals surface area (Å²) in [6.07, 6.45) is 3.62. The number of nitrogens with one attached hydrogen (secondary N) is 1. The molecule has 180 valence electrons. The van der Waals surface area contributed by atoms with Gasteiger partial charge in [-0.25, -0.2) is 9.69 Å². The molecule has 4 rings (SSSR count). The van der Waals surface area contributed by atoms with Crippen LogP contribution in [0, 0.1) is 6.92 Å². The summed E-state index contributed by atoms with van der Waals surface area (Å²) in [6, 6.07) is 12.7. The zero-order valence-corrected chi connectivity index (χ0v) is 20.5. The Morgan fingerprint density at radius 2 is 1.85 bits per heavy atom. The minimum absolute atomic E-state index is 0.260. The fraction of sp³-hybridized carbons (Fsp3) is 0.360. The lowest BCUT2D eigenvalue weighted by atomic mass is 10.1. The topological polar surface area (TPSA) is 59.4 Å². The molecule has 0 radical (unpaired) electrons. The number of hydrogen-bond acceptors (Lipinski definition) is 4. The first-order chi connectivity index (χ1) is 16.5. The molecule has 34 heavy (non-hydrogen) atoms. The van der Waals surface area contributed by atoms with Gasteiger partial charge in [-0.15, -0.1) is 0 Å². The molecule has 3 aromatic rings. The number of ether oxygens (including phenoxy) is 1. The second kappa shape index (κ2) is 11.2. The first-order valence-corrected chi connectivity index (χ1v) is 12.1. The van der Waals surface area contributed by atoms with Crippen LogP contribution in [-0.4, -0.2) is 47.1 Å². The van der Waals surface area contributed by atoms with E-state index in [1.807, 2.05) is 42.3 Å². The number of halogens is 3. The predicted molar refractivity (Wildman–Crippen MR) is 133 cm³/mol. The number of hydrazine groups is 1. The number of carbonyl (C=O) groups excluding carboxylic acids is 1. The van der Waals surface area contributed by atoms with E-state index in [9.17, 15) is 9.18 Å². The van der Waals surface area contributed by atoms with Crippen molar-refractivity contribution < 1.29 is 13.9 Å². The maximum atomic E-state index is 13.2. The van der Waals surface area contributed by atoms with Gasteiger partial charge in [-0.1, -0.05) is 35.7 Å². The molecule has 6 nitrogen and oxygen atoms in total. The Hall–Kier alpha value is -2.61. The molecule has 9 heteroatoms. The smallest absolute Gasteiger partial charge is 0.286 e. The fourth-order valence-electron chi connectivity index (χ4n) is 4.04. The number of amides is 1. The van der Waals surface area contributed by atoms with Crippen molar-refractivity contribution in [2.75, 3.05) is 26.4 Å². The van der Waals surface area contributed by atoms with Gasteiger partial charge in [-0.2, -0.15) is 5.10 Å². The molecule has 0 bridgehead atoms. The van der Waals surface area contributed by atoms with Crippen LogP contribution in [0.1, 0.15) is 41.7 Å². The third kappa shape index (κ3) is 5.37. The van der Waals surface area contributed by atoms with E-state index in [0.29, 0.717) is 40.2 Å². The molecule has 1 N–H and O–H groups in total. The maximum Gasteiger partial charge on any atom is 0.286 e. The van der Waals surface area contributed by atoms with E-state index in [2.05, 4.69) is 10.5 Å². The van der Waals surface area contributed by atoms with E-state index in [4.69, 9.17) is 27.9 Å². The van der Waals surface area contributed by atoms with Gasteiger partial charge in [0.2, 0.25) is 0 Å². The molecule has 0 atom stereocenters. The van der Waals surface area contributed by atoms with Crippen molar-refractivity contribution in [1.82, 2.24) is 20.2 Å². The Labute approximate surface area is 208 Å². The molecule has 1 aliphatic heterocycles. The Morgan fingerprint density at radius 1 is 1.12 bits per heavy atom. The van der Waals surface area contributed by atoms with Crippen LogP contribution in [0.3, 0.4) is 0 Å². The minimum Gasteiger partial charge on any atom is -0.493 e. The van der Waals surface area contributed by atoms with Gasteiger partial charge in [0.15, 0.2) is 5.69 Å². The third-order valence-electron chi connectivity index (χ3n) is 5.79. The molecule has 1 fully saturated rings. The highest BCUT2D eigenvalue weighted by molar-refractivity contribution is 6.43. The maximum absolute atomic E-state index is 13.2. The number of piperidine rings is 1. The van der Waals surface area contributed by atoms with Gasteiger partial charge in [0.1, 0.15) is 5.75 Å². The van der Waals surface area contributed by atoms with E-state index < -0.39 is 6.67 Å². The number of carbonyl (C=O) groups is 1. The standard InChI is InChI=1S/C25H27Cl2FN4O2/c1-17-23(25(33)30-31-14-3-2-4-15-31)29-32(21-8-5-7-20(26)22(21)27)24(17)18-9-11-19(12-10-18)34-16-6-13-28/h5,7-12H,2-4,6,13-16H2,1H3,(H,30,33). The van der Waals surface area contributed by atoms with Crippen molar-refractivity contribution in [3.63, 3.8) is 0 Å². The molecule has 2 heterocycles. The average molecular weight is 505 g/mol. The third-order valence-corrected chi connectivity index (χ3v) is 6.60. The summed E-state index contributed by atoms with van der Waals surface area (Å²) in [5.74, 6) is 0.383. The van der Waals surface area contributed by atoms with Gasteiger partial charge in [0.05, 0.1) is 34.7 Å². The lowest BCUT2D eigenvalue weighted by Gasteiger charge is -2.26. The molecule has 0 saturated carbocycles. The normalized spacial score (nSPS) is 14.2. The van der Waals surface area contributed by atoms with Gasteiger partial charge >= 0.3 is 0 Å². The Morgan fingerprint density at radius 3 is 2.56 bits per heavy atom. The zero-order chi connectivity index (χ0) is 24.1. The molecule has 1 aliphatic rings. The molecule has 1 aromatic heterocycles. The number of benzene rings is 2. The van der Waals surface area contributed by atoms with Crippen LogP contribution in [0.15, 0.2) is 42.5 Å². The number of rotatable bonds is 8. The van der Waals surface area contributed by atoms with Crippen LogP contribution in [0.4, 0.5) is 4.39 Å². The quantitative estimate of drug-likeness (QED) is 0.380.